The lowest BCUT2D eigenvalue weighted by molar-refractivity contribution is 0.572. The fourth-order valence-corrected chi connectivity index (χ4v) is 2.30. The Hall–Kier alpha value is -2.13. The van der Waals surface area contributed by atoms with E-state index >= 15 is 0 Å². The van der Waals surface area contributed by atoms with Crippen molar-refractivity contribution in [3.8, 4) is 11.5 Å². The number of hydrogen-bond acceptors (Lipinski definition) is 4. The number of aromatic nitrogens is 2. The summed E-state index contributed by atoms with van der Waals surface area (Å²) in [6.45, 7) is 1.10. The van der Waals surface area contributed by atoms with Gasteiger partial charge in [0.2, 0.25) is 5.89 Å². The van der Waals surface area contributed by atoms with E-state index in [2.05, 4.69) is 25.6 Å². The van der Waals surface area contributed by atoms with Gasteiger partial charge in [0, 0.05) is 25.4 Å². The summed E-state index contributed by atoms with van der Waals surface area (Å²) in [4.78, 5) is 12.7. The van der Waals surface area contributed by atoms with Crippen LogP contribution in [-0.2, 0) is 13.1 Å². The molecule has 1 aromatic carbocycles. The number of guanidine groups is 1. The largest absolute Gasteiger partial charge is 0.444 e. The van der Waals surface area contributed by atoms with E-state index in [1.807, 2.05) is 36.4 Å². The molecule has 0 saturated heterocycles. The van der Waals surface area contributed by atoms with E-state index in [-0.39, 0.29) is 24.0 Å². The highest BCUT2D eigenvalue weighted by atomic mass is 127. The third-order valence-corrected chi connectivity index (χ3v) is 3.71. The second kappa shape index (κ2) is 10.1. The number of benzene rings is 1. The highest BCUT2D eigenvalue weighted by molar-refractivity contribution is 14.0. The summed E-state index contributed by atoms with van der Waals surface area (Å²) >= 11 is 5.78. The van der Waals surface area contributed by atoms with Gasteiger partial charge in [0.15, 0.2) is 5.96 Å². The van der Waals surface area contributed by atoms with Crippen molar-refractivity contribution in [2.75, 3.05) is 7.05 Å². The van der Waals surface area contributed by atoms with Crippen LogP contribution in [0.3, 0.4) is 0 Å². The van der Waals surface area contributed by atoms with Crippen molar-refractivity contribution in [2.45, 2.75) is 13.1 Å². The smallest absolute Gasteiger partial charge is 0.226 e. The molecule has 0 bridgehead atoms. The zero-order chi connectivity index (χ0) is 17.5. The van der Waals surface area contributed by atoms with Gasteiger partial charge >= 0.3 is 0 Å². The summed E-state index contributed by atoms with van der Waals surface area (Å²) in [5, 5.41) is 6.89. The van der Waals surface area contributed by atoms with Gasteiger partial charge in [-0.25, -0.2) is 9.97 Å². The Kier molecular flexibility index (Phi) is 7.86. The maximum atomic E-state index is 5.78. The molecule has 2 aromatic heterocycles. The number of hydrogen-bond donors (Lipinski definition) is 2. The number of pyridine rings is 1. The lowest BCUT2D eigenvalue weighted by atomic mass is 10.2. The van der Waals surface area contributed by atoms with Gasteiger partial charge in [0.05, 0.1) is 12.2 Å². The summed E-state index contributed by atoms with van der Waals surface area (Å²) in [5.74, 6) is 1.27. The molecule has 8 heteroatoms. The topological polar surface area (TPSA) is 75.3 Å². The Morgan fingerprint density at radius 1 is 1.12 bits per heavy atom. The molecule has 0 atom stereocenters. The molecular formula is C18H19ClIN5O. The summed E-state index contributed by atoms with van der Waals surface area (Å²) in [6.07, 6.45) is 3.37. The molecule has 0 aliphatic rings. The van der Waals surface area contributed by atoms with E-state index in [4.69, 9.17) is 16.0 Å². The molecule has 0 spiro atoms. The second-order valence-corrected chi connectivity index (χ2v) is 5.67. The number of halogens is 2. The number of nitrogens with one attached hydrogen (secondary N) is 2. The van der Waals surface area contributed by atoms with Crippen LogP contribution in [0.4, 0.5) is 0 Å². The van der Waals surface area contributed by atoms with E-state index in [9.17, 15) is 0 Å². The molecule has 3 rings (SSSR count). The maximum absolute atomic E-state index is 5.78. The fraction of sp³-hybridized carbons (Fsp3) is 0.167. The highest BCUT2D eigenvalue weighted by Gasteiger charge is 2.07. The highest BCUT2D eigenvalue weighted by Crippen LogP contribution is 2.17. The van der Waals surface area contributed by atoms with Gasteiger partial charge in [-0.15, -0.1) is 24.0 Å². The van der Waals surface area contributed by atoms with E-state index in [1.165, 1.54) is 0 Å². The van der Waals surface area contributed by atoms with Crippen LogP contribution in [0.5, 0.6) is 0 Å². The number of nitrogens with zero attached hydrogens (tertiary/aromatic N) is 3. The lowest BCUT2D eigenvalue weighted by Gasteiger charge is -2.10. The first-order valence-corrected chi connectivity index (χ1v) is 8.17. The van der Waals surface area contributed by atoms with Crippen LogP contribution in [0.1, 0.15) is 11.3 Å². The maximum Gasteiger partial charge on any atom is 0.226 e. The third kappa shape index (κ3) is 5.70. The van der Waals surface area contributed by atoms with Crippen molar-refractivity contribution < 1.29 is 4.42 Å². The summed E-state index contributed by atoms with van der Waals surface area (Å²) in [5.41, 5.74) is 2.77. The molecule has 0 aliphatic heterocycles. The van der Waals surface area contributed by atoms with Crippen LogP contribution < -0.4 is 10.6 Å². The minimum atomic E-state index is 0. The first kappa shape index (κ1) is 20.2. The van der Waals surface area contributed by atoms with Crippen molar-refractivity contribution >= 4 is 41.5 Å². The molecule has 0 radical (unpaired) electrons. The molecule has 2 N–H and O–H groups in total. The van der Waals surface area contributed by atoms with Crippen LogP contribution in [-0.4, -0.2) is 23.0 Å². The minimum Gasteiger partial charge on any atom is -0.444 e. The van der Waals surface area contributed by atoms with Crippen molar-refractivity contribution in [1.82, 2.24) is 20.6 Å². The zero-order valence-corrected chi connectivity index (χ0v) is 17.2. The number of oxazole rings is 1. The Balaban J connectivity index is 0.00000243. The molecule has 6 nitrogen and oxygen atoms in total. The van der Waals surface area contributed by atoms with E-state index < -0.39 is 0 Å². The molecule has 26 heavy (non-hydrogen) atoms. The van der Waals surface area contributed by atoms with Crippen LogP contribution in [0.15, 0.2) is 64.3 Å². The Labute approximate surface area is 174 Å². The molecule has 0 saturated carbocycles. The summed E-state index contributed by atoms with van der Waals surface area (Å²) < 4.78 is 5.52. The Morgan fingerprint density at radius 3 is 2.58 bits per heavy atom. The first-order chi connectivity index (χ1) is 12.2. The molecule has 0 amide bonds. The van der Waals surface area contributed by atoms with Gasteiger partial charge in [-0.05, 0) is 23.8 Å². The third-order valence-electron chi connectivity index (χ3n) is 3.48. The fourth-order valence-electron chi connectivity index (χ4n) is 2.19. The van der Waals surface area contributed by atoms with Crippen LogP contribution in [0, 0.1) is 0 Å². The van der Waals surface area contributed by atoms with Gasteiger partial charge in [0.1, 0.15) is 11.4 Å². The molecule has 136 valence electrons. The number of aliphatic imine (C=N–C) groups is 1. The SMILES string of the molecule is CN=C(NCc1ccc(Cl)nc1)NCc1coc(-c2ccccc2)n1.I. The quantitative estimate of drug-likeness (QED) is 0.249. The standard InChI is InChI=1S/C18H18ClN5O.HI/c1-20-18(22-10-13-7-8-16(19)21-9-13)23-11-15-12-25-17(24-15)14-5-3-2-4-6-14;/h2-9,12H,10-11H2,1H3,(H2,20,22,23);1H. The van der Waals surface area contributed by atoms with Crippen molar-refractivity contribution in [3.63, 3.8) is 0 Å². The molecular weight excluding hydrogens is 465 g/mol. The molecule has 3 aromatic rings. The molecule has 0 fully saturated rings. The predicted octanol–water partition coefficient (Wildman–Crippen LogP) is 3.87. The van der Waals surface area contributed by atoms with E-state index in [1.54, 1.807) is 25.6 Å². The molecule has 2 heterocycles. The van der Waals surface area contributed by atoms with Crippen molar-refractivity contribution in [3.05, 3.63) is 71.3 Å². The molecule has 0 aliphatic carbocycles. The van der Waals surface area contributed by atoms with Crippen LogP contribution >= 0.6 is 35.6 Å². The number of rotatable bonds is 5. The van der Waals surface area contributed by atoms with Crippen molar-refractivity contribution in [2.24, 2.45) is 4.99 Å². The van der Waals surface area contributed by atoms with Gasteiger partial charge in [-0.3, -0.25) is 4.99 Å². The van der Waals surface area contributed by atoms with E-state index in [0.29, 0.717) is 30.1 Å². The predicted molar refractivity (Wildman–Crippen MR) is 114 cm³/mol. The summed E-state index contributed by atoms with van der Waals surface area (Å²) in [7, 11) is 1.72. The van der Waals surface area contributed by atoms with Gasteiger partial charge < -0.3 is 15.1 Å². The Bertz CT molecular complexity index is 836. The molecule has 0 unspecified atom stereocenters. The van der Waals surface area contributed by atoms with Gasteiger partial charge in [-0.1, -0.05) is 35.9 Å². The lowest BCUT2D eigenvalue weighted by Crippen LogP contribution is -2.36. The Morgan fingerprint density at radius 2 is 1.88 bits per heavy atom. The average molecular weight is 484 g/mol. The van der Waals surface area contributed by atoms with Gasteiger partial charge in [-0.2, -0.15) is 0 Å². The monoisotopic (exact) mass is 483 g/mol. The minimum absolute atomic E-state index is 0. The van der Waals surface area contributed by atoms with Gasteiger partial charge in [0.25, 0.3) is 0 Å². The van der Waals surface area contributed by atoms with Crippen molar-refractivity contribution in [1.29, 1.82) is 0 Å². The van der Waals surface area contributed by atoms with Crippen LogP contribution in [0.2, 0.25) is 5.15 Å². The van der Waals surface area contributed by atoms with E-state index in [0.717, 1.165) is 16.8 Å². The second-order valence-electron chi connectivity index (χ2n) is 5.28. The van der Waals surface area contributed by atoms with Crippen LogP contribution in [0.25, 0.3) is 11.5 Å². The normalized spacial score (nSPS) is 10.9. The average Bonchev–Trinajstić information content (AvgIpc) is 3.13. The first-order valence-electron chi connectivity index (χ1n) is 7.79. The zero-order valence-electron chi connectivity index (χ0n) is 14.1. The summed E-state index contributed by atoms with van der Waals surface area (Å²) in [6, 6.07) is 13.5.